The first-order chi connectivity index (χ1) is 14.4. The monoisotopic (exact) mass is 424 g/mol. The molecular weight excluding hydrogens is 400 g/mol. The molecule has 30 heavy (non-hydrogen) atoms. The lowest BCUT2D eigenvalue weighted by molar-refractivity contribution is -0.122. The van der Waals surface area contributed by atoms with Gasteiger partial charge in [-0.25, -0.2) is 8.42 Å². The van der Waals surface area contributed by atoms with Crippen LogP contribution in [0.5, 0.6) is 5.75 Å². The fourth-order valence-electron chi connectivity index (χ4n) is 3.53. The number of nitrogens with zero attached hydrogens (tertiary/aromatic N) is 1. The second-order valence-electron chi connectivity index (χ2n) is 7.39. The zero-order valence-electron chi connectivity index (χ0n) is 16.7. The number of fused-ring (bicyclic) bond motifs is 1. The minimum Gasteiger partial charge on any atom is -0.481 e. The van der Waals surface area contributed by atoms with Crippen molar-refractivity contribution < 1.29 is 17.9 Å². The van der Waals surface area contributed by atoms with Gasteiger partial charge in [-0.1, -0.05) is 30.3 Å². The molecule has 1 amide bonds. The van der Waals surface area contributed by atoms with Gasteiger partial charge in [0.2, 0.25) is 10.0 Å². The van der Waals surface area contributed by atoms with E-state index in [-0.39, 0.29) is 10.8 Å². The third-order valence-electron chi connectivity index (χ3n) is 5.23. The molecule has 7 heteroatoms. The molecule has 156 valence electrons. The minimum atomic E-state index is -3.46. The highest BCUT2D eigenvalue weighted by atomic mass is 32.2. The molecule has 0 unspecified atom stereocenters. The summed E-state index contributed by atoms with van der Waals surface area (Å²) in [6.07, 6.45) is 1.07. The number of benzene rings is 3. The molecular formula is C23H24N2O4S. The third kappa shape index (κ3) is 4.32. The topological polar surface area (TPSA) is 75.7 Å². The molecule has 0 saturated carbocycles. The lowest BCUT2D eigenvalue weighted by Crippen LogP contribution is -2.30. The largest absolute Gasteiger partial charge is 0.481 e. The van der Waals surface area contributed by atoms with E-state index in [1.165, 1.54) is 16.4 Å². The van der Waals surface area contributed by atoms with Crippen LogP contribution in [0.3, 0.4) is 0 Å². The molecule has 3 aromatic carbocycles. The van der Waals surface area contributed by atoms with Crippen LogP contribution in [0.1, 0.15) is 19.8 Å². The number of ether oxygens (including phenoxy) is 1. The summed E-state index contributed by atoms with van der Waals surface area (Å²) in [5.41, 5.74) is 0.523. The number of carbonyl (C=O) groups excluding carboxylic acids is 1. The Morgan fingerprint density at radius 1 is 0.967 bits per heavy atom. The van der Waals surface area contributed by atoms with E-state index in [0.29, 0.717) is 24.5 Å². The van der Waals surface area contributed by atoms with Crippen molar-refractivity contribution in [3.8, 4) is 5.75 Å². The minimum absolute atomic E-state index is 0.239. The molecule has 1 aliphatic heterocycles. The van der Waals surface area contributed by atoms with Crippen LogP contribution in [0, 0.1) is 0 Å². The van der Waals surface area contributed by atoms with Crippen molar-refractivity contribution in [3.05, 3.63) is 66.7 Å². The summed E-state index contributed by atoms with van der Waals surface area (Å²) in [6, 6.07) is 19.9. The summed E-state index contributed by atoms with van der Waals surface area (Å²) in [7, 11) is -3.46. The molecule has 1 fully saturated rings. The average Bonchev–Trinajstić information content (AvgIpc) is 3.30. The number of hydrogen-bond acceptors (Lipinski definition) is 4. The van der Waals surface area contributed by atoms with E-state index in [9.17, 15) is 13.2 Å². The van der Waals surface area contributed by atoms with Crippen molar-refractivity contribution in [2.75, 3.05) is 18.4 Å². The van der Waals surface area contributed by atoms with E-state index >= 15 is 0 Å². The van der Waals surface area contributed by atoms with Gasteiger partial charge in [0.1, 0.15) is 5.75 Å². The molecule has 0 radical (unpaired) electrons. The smallest absolute Gasteiger partial charge is 0.265 e. The van der Waals surface area contributed by atoms with Gasteiger partial charge in [0.05, 0.1) is 4.90 Å². The molecule has 1 N–H and O–H groups in total. The fourth-order valence-corrected chi connectivity index (χ4v) is 5.05. The lowest BCUT2D eigenvalue weighted by Gasteiger charge is -2.17. The number of amides is 1. The molecule has 0 spiro atoms. The van der Waals surface area contributed by atoms with Crippen molar-refractivity contribution >= 4 is 32.4 Å². The molecule has 1 aliphatic rings. The molecule has 6 nitrogen and oxygen atoms in total. The Morgan fingerprint density at radius 2 is 1.63 bits per heavy atom. The van der Waals surface area contributed by atoms with Gasteiger partial charge in [0.25, 0.3) is 5.91 Å². The summed E-state index contributed by atoms with van der Waals surface area (Å²) < 4.78 is 32.5. The molecule has 1 saturated heterocycles. The third-order valence-corrected chi connectivity index (χ3v) is 7.14. The van der Waals surface area contributed by atoms with Crippen molar-refractivity contribution in [1.82, 2.24) is 4.31 Å². The van der Waals surface area contributed by atoms with E-state index in [4.69, 9.17) is 4.74 Å². The van der Waals surface area contributed by atoms with Crippen LogP contribution in [0.4, 0.5) is 5.69 Å². The van der Waals surface area contributed by atoms with Crippen molar-refractivity contribution in [2.24, 2.45) is 0 Å². The van der Waals surface area contributed by atoms with Gasteiger partial charge < -0.3 is 10.1 Å². The van der Waals surface area contributed by atoms with Crippen LogP contribution in [-0.2, 0) is 14.8 Å². The molecule has 0 aromatic heterocycles. The van der Waals surface area contributed by atoms with Gasteiger partial charge in [-0.15, -0.1) is 0 Å². The Kier molecular flexibility index (Phi) is 5.74. The van der Waals surface area contributed by atoms with E-state index in [0.717, 1.165) is 23.6 Å². The van der Waals surface area contributed by atoms with Crippen LogP contribution in [0.25, 0.3) is 10.8 Å². The molecule has 4 rings (SSSR count). The highest BCUT2D eigenvalue weighted by molar-refractivity contribution is 7.89. The maximum Gasteiger partial charge on any atom is 0.265 e. The number of anilines is 1. The number of carbonyl (C=O) groups is 1. The molecule has 1 atom stereocenters. The summed E-state index contributed by atoms with van der Waals surface area (Å²) in [6.45, 7) is 2.80. The Labute approximate surface area is 176 Å². The quantitative estimate of drug-likeness (QED) is 0.648. The standard InChI is InChI=1S/C23H24N2O4S/c1-17(29-21-11-8-18-6-2-3-7-19(18)16-21)23(26)24-20-9-12-22(13-10-20)30(27,28)25-14-4-5-15-25/h2-3,6-13,16-17H,4-5,14-15H2,1H3,(H,24,26)/t17-/m1/s1. The number of sulfonamides is 1. The summed E-state index contributed by atoms with van der Waals surface area (Å²) in [4.78, 5) is 12.7. The van der Waals surface area contributed by atoms with Crippen LogP contribution < -0.4 is 10.1 Å². The first kappa shape index (κ1) is 20.4. The Hall–Kier alpha value is -2.90. The van der Waals surface area contributed by atoms with Crippen molar-refractivity contribution in [3.63, 3.8) is 0 Å². The lowest BCUT2D eigenvalue weighted by atomic mass is 10.1. The van der Waals surface area contributed by atoms with E-state index in [2.05, 4.69) is 5.32 Å². The highest BCUT2D eigenvalue weighted by Gasteiger charge is 2.27. The first-order valence-electron chi connectivity index (χ1n) is 10.00. The fraction of sp³-hybridized carbons (Fsp3) is 0.261. The summed E-state index contributed by atoms with van der Waals surface area (Å²) in [5, 5.41) is 4.92. The molecule has 1 heterocycles. The maximum atomic E-state index is 12.6. The zero-order valence-corrected chi connectivity index (χ0v) is 17.6. The predicted octanol–water partition coefficient (Wildman–Crippen LogP) is 4.03. The van der Waals surface area contributed by atoms with Gasteiger partial charge in [-0.2, -0.15) is 4.31 Å². The zero-order chi connectivity index (χ0) is 21.1. The highest BCUT2D eigenvalue weighted by Crippen LogP contribution is 2.23. The van der Waals surface area contributed by atoms with Gasteiger partial charge in [-0.05, 0) is 66.9 Å². The molecule has 0 aliphatic carbocycles. The van der Waals surface area contributed by atoms with Crippen LogP contribution in [-0.4, -0.2) is 37.8 Å². The Morgan fingerprint density at radius 3 is 2.33 bits per heavy atom. The van der Waals surface area contributed by atoms with Crippen molar-refractivity contribution in [2.45, 2.75) is 30.8 Å². The van der Waals surface area contributed by atoms with E-state index < -0.39 is 16.1 Å². The SMILES string of the molecule is C[C@@H](Oc1ccc2ccccc2c1)C(=O)Nc1ccc(S(=O)(=O)N2CCCC2)cc1. The second-order valence-corrected chi connectivity index (χ2v) is 9.33. The van der Waals surface area contributed by atoms with E-state index in [1.54, 1.807) is 19.1 Å². The van der Waals surface area contributed by atoms with Crippen LogP contribution in [0.2, 0.25) is 0 Å². The van der Waals surface area contributed by atoms with Gasteiger partial charge in [0, 0.05) is 18.8 Å². The van der Waals surface area contributed by atoms with Crippen LogP contribution in [0.15, 0.2) is 71.6 Å². The normalized spacial score (nSPS) is 15.8. The maximum absolute atomic E-state index is 12.6. The second kappa shape index (κ2) is 8.45. The van der Waals surface area contributed by atoms with Crippen LogP contribution >= 0.6 is 0 Å². The molecule has 0 bridgehead atoms. The summed E-state index contributed by atoms with van der Waals surface area (Å²) in [5.74, 6) is 0.307. The Bertz CT molecular complexity index is 1150. The van der Waals surface area contributed by atoms with Gasteiger partial charge in [-0.3, -0.25) is 4.79 Å². The summed E-state index contributed by atoms with van der Waals surface area (Å²) >= 11 is 0. The van der Waals surface area contributed by atoms with Gasteiger partial charge >= 0.3 is 0 Å². The average molecular weight is 425 g/mol. The number of hydrogen-bond donors (Lipinski definition) is 1. The Balaban J connectivity index is 1.40. The van der Waals surface area contributed by atoms with Gasteiger partial charge in [0.15, 0.2) is 6.10 Å². The first-order valence-corrected chi connectivity index (χ1v) is 11.4. The van der Waals surface area contributed by atoms with E-state index in [1.807, 2.05) is 42.5 Å². The predicted molar refractivity (Wildman–Crippen MR) is 117 cm³/mol. The molecule has 3 aromatic rings. The van der Waals surface area contributed by atoms with Crippen molar-refractivity contribution in [1.29, 1.82) is 0 Å². The number of rotatable bonds is 6. The number of nitrogens with one attached hydrogen (secondary N) is 1.